The predicted octanol–water partition coefficient (Wildman–Crippen LogP) is 0.730. The molecule has 13 heavy (non-hydrogen) atoms. The van der Waals surface area contributed by atoms with Gasteiger partial charge in [-0.3, -0.25) is 10.1 Å². The summed E-state index contributed by atoms with van der Waals surface area (Å²) >= 11 is 1.77. The molecule has 2 N–H and O–H groups in total. The van der Waals surface area contributed by atoms with Gasteiger partial charge >= 0.3 is 0 Å². The van der Waals surface area contributed by atoms with Crippen LogP contribution in [0, 0.1) is 0 Å². The van der Waals surface area contributed by atoms with Gasteiger partial charge in [0.25, 0.3) is 0 Å². The highest BCUT2D eigenvalue weighted by Gasteiger charge is 2.39. The number of thioether (sulfide) groups is 1. The Morgan fingerprint density at radius 2 is 2.54 bits per heavy atom. The van der Waals surface area contributed by atoms with E-state index in [0.29, 0.717) is 6.54 Å². The van der Waals surface area contributed by atoms with E-state index in [1.54, 1.807) is 17.8 Å². The summed E-state index contributed by atoms with van der Waals surface area (Å²) in [5.41, 5.74) is 0. The molecule has 1 heterocycles. The first-order valence-corrected chi connectivity index (χ1v) is 5.32. The fourth-order valence-corrected chi connectivity index (χ4v) is 2.30. The minimum Gasteiger partial charge on any atom is -0.351 e. The van der Waals surface area contributed by atoms with Crippen molar-refractivity contribution in [3.8, 4) is 0 Å². The van der Waals surface area contributed by atoms with Gasteiger partial charge in [0.05, 0.1) is 0 Å². The quantitative estimate of drug-likeness (QED) is 0.660. The van der Waals surface area contributed by atoms with Crippen molar-refractivity contribution < 1.29 is 4.79 Å². The van der Waals surface area contributed by atoms with E-state index in [9.17, 15) is 4.79 Å². The van der Waals surface area contributed by atoms with E-state index in [1.807, 2.05) is 0 Å². The van der Waals surface area contributed by atoms with Crippen LogP contribution in [0.3, 0.4) is 0 Å². The van der Waals surface area contributed by atoms with Gasteiger partial charge in [-0.05, 0) is 13.8 Å². The summed E-state index contributed by atoms with van der Waals surface area (Å²) < 4.78 is -0.00868. The van der Waals surface area contributed by atoms with E-state index in [0.717, 1.165) is 5.88 Å². The molecule has 0 saturated carbocycles. The summed E-state index contributed by atoms with van der Waals surface area (Å²) in [4.78, 5) is 11.6. The number of hydrogen-bond donors (Lipinski definition) is 2. The van der Waals surface area contributed by atoms with Gasteiger partial charge in [0.2, 0.25) is 5.91 Å². The zero-order chi connectivity index (χ0) is 9.90. The summed E-state index contributed by atoms with van der Waals surface area (Å²) in [6.07, 6.45) is 1.69. The lowest BCUT2D eigenvalue weighted by Crippen LogP contribution is -2.49. The highest BCUT2D eigenvalue weighted by molar-refractivity contribution is 8.00. The smallest absolute Gasteiger partial charge is 0.238 e. The van der Waals surface area contributed by atoms with Gasteiger partial charge < -0.3 is 5.32 Å². The number of nitrogens with one attached hydrogen (secondary N) is 2. The van der Waals surface area contributed by atoms with Gasteiger partial charge in [-0.2, -0.15) is 0 Å². The van der Waals surface area contributed by atoms with Crippen LogP contribution >= 0.6 is 11.8 Å². The summed E-state index contributed by atoms with van der Waals surface area (Å²) in [5.74, 6) is 0.911. The molecule has 0 aromatic carbocycles. The Hall–Kier alpha value is -0.480. The number of rotatable bonds is 3. The van der Waals surface area contributed by atoms with Gasteiger partial charge in [0.15, 0.2) is 0 Å². The summed E-state index contributed by atoms with van der Waals surface area (Å²) in [6, 6.07) is -0.0857. The van der Waals surface area contributed by atoms with Crippen LogP contribution < -0.4 is 10.6 Å². The summed E-state index contributed by atoms with van der Waals surface area (Å²) in [6.45, 7) is 8.25. The maximum absolute atomic E-state index is 11.6. The molecule has 1 atom stereocenters. The molecule has 0 spiro atoms. The van der Waals surface area contributed by atoms with Gasteiger partial charge in [-0.25, -0.2) is 0 Å². The zero-order valence-corrected chi connectivity index (χ0v) is 8.91. The largest absolute Gasteiger partial charge is 0.351 e. The van der Waals surface area contributed by atoms with Crippen molar-refractivity contribution in [2.24, 2.45) is 0 Å². The Bertz CT molecular complexity index is 216. The van der Waals surface area contributed by atoms with E-state index in [4.69, 9.17) is 0 Å². The molecule has 1 rings (SSSR count). The second kappa shape index (κ2) is 4.15. The van der Waals surface area contributed by atoms with Crippen LogP contribution in [0.5, 0.6) is 0 Å². The van der Waals surface area contributed by atoms with Crippen molar-refractivity contribution in [3.05, 3.63) is 12.7 Å². The third-order valence-corrected chi connectivity index (χ3v) is 3.40. The first kappa shape index (κ1) is 10.6. The minimum atomic E-state index is -0.0857. The molecule has 4 heteroatoms. The van der Waals surface area contributed by atoms with E-state index in [1.165, 1.54) is 0 Å². The van der Waals surface area contributed by atoms with Crippen molar-refractivity contribution in [1.29, 1.82) is 0 Å². The molecule has 0 aromatic heterocycles. The second-order valence-electron chi connectivity index (χ2n) is 3.56. The van der Waals surface area contributed by atoms with Crippen LogP contribution in [0.4, 0.5) is 0 Å². The highest BCUT2D eigenvalue weighted by Crippen LogP contribution is 2.32. The first-order valence-electron chi connectivity index (χ1n) is 4.34. The number of carbonyl (C=O) groups is 1. The molecule has 0 unspecified atom stereocenters. The molecule has 3 nitrogen and oxygen atoms in total. The molecule has 1 amide bonds. The van der Waals surface area contributed by atoms with Gasteiger partial charge in [0, 0.05) is 17.2 Å². The van der Waals surface area contributed by atoms with E-state index in [2.05, 4.69) is 31.1 Å². The van der Waals surface area contributed by atoms with Crippen LogP contribution in [0.1, 0.15) is 13.8 Å². The average molecular weight is 200 g/mol. The Kier molecular flexibility index (Phi) is 3.39. The lowest BCUT2D eigenvalue weighted by atomic mass is 10.0. The molecule has 0 bridgehead atoms. The van der Waals surface area contributed by atoms with Crippen LogP contribution in [-0.2, 0) is 4.79 Å². The van der Waals surface area contributed by atoms with Crippen molar-refractivity contribution >= 4 is 17.7 Å². The average Bonchev–Trinajstić information content (AvgIpc) is 2.41. The fourth-order valence-electron chi connectivity index (χ4n) is 1.32. The number of carbonyl (C=O) groups excluding carboxylic acids is 1. The van der Waals surface area contributed by atoms with Crippen LogP contribution in [0.25, 0.3) is 0 Å². The second-order valence-corrected chi connectivity index (χ2v) is 5.19. The standard InChI is InChI=1S/C9H16N2OS/c1-4-5-10-8(12)7-9(2,3)13-6-11-7/h4,7,11H,1,5-6H2,2-3H3,(H,10,12)/t7-/m1/s1. The first-order chi connectivity index (χ1) is 6.08. The van der Waals surface area contributed by atoms with Gasteiger partial charge in [-0.1, -0.05) is 6.08 Å². The SMILES string of the molecule is C=CCNC(=O)[C@H]1NCSC1(C)C. The highest BCUT2D eigenvalue weighted by atomic mass is 32.2. The minimum absolute atomic E-state index is 0.00868. The lowest BCUT2D eigenvalue weighted by Gasteiger charge is -2.23. The monoisotopic (exact) mass is 200 g/mol. The van der Waals surface area contributed by atoms with Crippen LogP contribution in [-0.4, -0.2) is 29.1 Å². The summed E-state index contributed by atoms with van der Waals surface area (Å²) in [5, 5.41) is 5.97. The van der Waals surface area contributed by atoms with Gasteiger partial charge in [0.1, 0.15) is 6.04 Å². The Balaban J connectivity index is 2.51. The normalized spacial score (nSPS) is 25.5. The van der Waals surface area contributed by atoms with Crippen LogP contribution in [0.2, 0.25) is 0 Å². The fraction of sp³-hybridized carbons (Fsp3) is 0.667. The van der Waals surface area contributed by atoms with E-state index >= 15 is 0 Å². The molecule has 1 saturated heterocycles. The van der Waals surface area contributed by atoms with E-state index in [-0.39, 0.29) is 16.7 Å². The molecule has 0 aliphatic carbocycles. The third kappa shape index (κ3) is 2.48. The van der Waals surface area contributed by atoms with Crippen LogP contribution in [0.15, 0.2) is 12.7 Å². The molecule has 1 aliphatic rings. The zero-order valence-electron chi connectivity index (χ0n) is 8.09. The Morgan fingerprint density at radius 3 is 3.00 bits per heavy atom. The Morgan fingerprint density at radius 1 is 1.85 bits per heavy atom. The maximum atomic E-state index is 11.6. The van der Waals surface area contributed by atoms with Crippen molar-refractivity contribution in [3.63, 3.8) is 0 Å². The predicted molar refractivity (Wildman–Crippen MR) is 56.7 cm³/mol. The molecular formula is C9H16N2OS. The Labute approximate surface area is 83.3 Å². The third-order valence-electron chi connectivity index (χ3n) is 2.11. The number of hydrogen-bond acceptors (Lipinski definition) is 3. The van der Waals surface area contributed by atoms with Crippen molar-refractivity contribution in [2.45, 2.75) is 24.6 Å². The topological polar surface area (TPSA) is 41.1 Å². The van der Waals surface area contributed by atoms with E-state index < -0.39 is 0 Å². The van der Waals surface area contributed by atoms with Gasteiger partial charge in [-0.15, -0.1) is 18.3 Å². The summed E-state index contributed by atoms with van der Waals surface area (Å²) in [7, 11) is 0. The molecule has 74 valence electrons. The van der Waals surface area contributed by atoms with Crippen molar-refractivity contribution in [2.75, 3.05) is 12.4 Å². The molecular weight excluding hydrogens is 184 g/mol. The molecule has 1 aliphatic heterocycles. The lowest BCUT2D eigenvalue weighted by molar-refractivity contribution is -0.123. The molecule has 0 aromatic rings. The van der Waals surface area contributed by atoms with Crippen molar-refractivity contribution in [1.82, 2.24) is 10.6 Å². The molecule has 1 fully saturated rings. The molecule has 0 radical (unpaired) electrons. The maximum Gasteiger partial charge on any atom is 0.238 e. The number of amides is 1.